The largest absolute Gasteiger partial charge is 0.314 e. The molecule has 5 heteroatoms. The highest BCUT2D eigenvalue weighted by molar-refractivity contribution is 7.98. The minimum Gasteiger partial charge on any atom is -0.314 e. The quantitative estimate of drug-likeness (QED) is 0.818. The maximum atomic E-state index is 4.13. The smallest absolute Gasteiger partial charge is 0.0969 e. The highest BCUT2D eigenvalue weighted by atomic mass is 32.2. The number of rotatable bonds is 4. The summed E-state index contributed by atoms with van der Waals surface area (Å²) in [5, 5.41) is 11.3. The van der Waals surface area contributed by atoms with E-state index >= 15 is 0 Å². The summed E-state index contributed by atoms with van der Waals surface area (Å²) in [4.78, 5) is 1.20. The molecule has 2 rings (SSSR count). The fourth-order valence-corrected chi connectivity index (χ4v) is 2.08. The maximum Gasteiger partial charge on any atom is 0.0969 e. The predicted octanol–water partition coefficient (Wildman–Crippen LogP) is 1.71. The number of nitrogens with one attached hydrogen (secondary N) is 1. The van der Waals surface area contributed by atoms with E-state index in [2.05, 4.69) is 28.0 Å². The summed E-state index contributed by atoms with van der Waals surface area (Å²) in [7, 11) is 1.90. The SMILES string of the molecule is CNCc1cn(-c2ccccc2SC)nn1. The number of hydrogen-bond donors (Lipinski definition) is 1. The Labute approximate surface area is 99.1 Å². The number of hydrogen-bond acceptors (Lipinski definition) is 4. The molecule has 4 nitrogen and oxygen atoms in total. The fourth-order valence-electron chi connectivity index (χ4n) is 1.50. The Morgan fingerprint density at radius 3 is 2.94 bits per heavy atom. The van der Waals surface area contributed by atoms with Crippen LogP contribution in [0.2, 0.25) is 0 Å². The molecule has 0 amide bonds. The van der Waals surface area contributed by atoms with Crippen LogP contribution in [0.3, 0.4) is 0 Å². The van der Waals surface area contributed by atoms with Crippen molar-refractivity contribution in [2.45, 2.75) is 11.4 Å². The Morgan fingerprint density at radius 1 is 1.38 bits per heavy atom. The van der Waals surface area contributed by atoms with Crippen LogP contribution in [-0.4, -0.2) is 28.3 Å². The molecule has 0 radical (unpaired) electrons. The van der Waals surface area contributed by atoms with Crippen molar-refractivity contribution in [1.82, 2.24) is 20.3 Å². The zero-order chi connectivity index (χ0) is 11.4. The summed E-state index contributed by atoms with van der Waals surface area (Å²) in [6.45, 7) is 0.738. The third-order valence-electron chi connectivity index (χ3n) is 2.23. The van der Waals surface area contributed by atoms with Gasteiger partial charge in [-0.25, -0.2) is 4.68 Å². The number of aromatic nitrogens is 3. The average Bonchev–Trinajstić information content (AvgIpc) is 2.78. The van der Waals surface area contributed by atoms with Crippen LogP contribution in [-0.2, 0) is 6.54 Å². The van der Waals surface area contributed by atoms with E-state index in [0.717, 1.165) is 17.9 Å². The molecular weight excluding hydrogens is 220 g/mol. The summed E-state index contributed by atoms with van der Waals surface area (Å²) in [5.74, 6) is 0. The van der Waals surface area contributed by atoms with Crippen molar-refractivity contribution < 1.29 is 0 Å². The Kier molecular flexibility index (Phi) is 3.58. The molecule has 0 saturated heterocycles. The summed E-state index contributed by atoms with van der Waals surface area (Å²) in [6.07, 6.45) is 4.01. The van der Waals surface area contributed by atoms with E-state index in [1.165, 1.54) is 4.90 Å². The minimum absolute atomic E-state index is 0.738. The van der Waals surface area contributed by atoms with Gasteiger partial charge in [0.2, 0.25) is 0 Å². The van der Waals surface area contributed by atoms with E-state index in [1.54, 1.807) is 11.8 Å². The summed E-state index contributed by atoms with van der Waals surface area (Å²) in [5.41, 5.74) is 2.02. The van der Waals surface area contributed by atoms with Crippen molar-refractivity contribution in [1.29, 1.82) is 0 Å². The Morgan fingerprint density at radius 2 is 2.19 bits per heavy atom. The molecule has 16 heavy (non-hydrogen) atoms. The molecule has 1 aromatic heterocycles. The highest BCUT2D eigenvalue weighted by Crippen LogP contribution is 2.22. The molecule has 1 heterocycles. The topological polar surface area (TPSA) is 42.7 Å². The van der Waals surface area contributed by atoms with Crippen molar-refractivity contribution in [3.63, 3.8) is 0 Å². The van der Waals surface area contributed by atoms with Gasteiger partial charge in [-0.05, 0) is 25.4 Å². The monoisotopic (exact) mass is 234 g/mol. The van der Waals surface area contributed by atoms with E-state index in [0.29, 0.717) is 0 Å². The van der Waals surface area contributed by atoms with Crippen LogP contribution >= 0.6 is 11.8 Å². The van der Waals surface area contributed by atoms with E-state index < -0.39 is 0 Å². The van der Waals surface area contributed by atoms with Crippen LogP contribution in [0.25, 0.3) is 5.69 Å². The van der Waals surface area contributed by atoms with Gasteiger partial charge in [0.15, 0.2) is 0 Å². The third-order valence-corrected chi connectivity index (χ3v) is 3.02. The molecule has 1 N–H and O–H groups in total. The lowest BCUT2D eigenvalue weighted by Crippen LogP contribution is -2.05. The Hall–Kier alpha value is -1.33. The minimum atomic E-state index is 0.738. The van der Waals surface area contributed by atoms with Crippen molar-refractivity contribution in [2.75, 3.05) is 13.3 Å². The molecule has 0 saturated carbocycles. The first kappa shape index (κ1) is 11.2. The molecule has 0 aliphatic carbocycles. The predicted molar refractivity (Wildman–Crippen MR) is 65.9 cm³/mol. The lowest BCUT2D eigenvalue weighted by Gasteiger charge is -2.05. The van der Waals surface area contributed by atoms with E-state index in [1.807, 2.05) is 36.1 Å². The van der Waals surface area contributed by atoms with Gasteiger partial charge in [0.05, 0.1) is 17.6 Å². The first-order valence-corrected chi connectivity index (χ1v) is 6.27. The second-order valence-electron chi connectivity index (χ2n) is 3.36. The molecule has 1 aromatic carbocycles. The van der Waals surface area contributed by atoms with Crippen LogP contribution < -0.4 is 5.32 Å². The van der Waals surface area contributed by atoms with Gasteiger partial charge < -0.3 is 5.32 Å². The van der Waals surface area contributed by atoms with Crippen molar-refractivity contribution in [3.05, 3.63) is 36.2 Å². The first-order valence-electron chi connectivity index (χ1n) is 5.04. The van der Waals surface area contributed by atoms with Crippen LogP contribution in [0.15, 0.2) is 35.4 Å². The number of para-hydroxylation sites is 1. The van der Waals surface area contributed by atoms with E-state index in [4.69, 9.17) is 0 Å². The molecule has 0 unspecified atom stereocenters. The molecule has 0 aliphatic heterocycles. The van der Waals surface area contributed by atoms with Gasteiger partial charge >= 0.3 is 0 Å². The molecule has 84 valence electrons. The second-order valence-corrected chi connectivity index (χ2v) is 4.20. The standard InChI is InChI=1S/C11H14N4S/c1-12-7-9-8-15(14-13-9)10-5-3-4-6-11(10)16-2/h3-6,8,12H,7H2,1-2H3. The average molecular weight is 234 g/mol. The first-order chi connectivity index (χ1) is 7.85. The molecule has 2 aromatic rings. The Bertz CT molecular complexity index is 467. The van der Waals surface area contributed by atoms with Crippen molar-refractivity contribution >= 4 is 11.8 Å². The molecular formula is C11H14N4S. The lowest BCUT2D eigenvalue weighted by molar-refractivity contribution is 0.763. The van der Waals surface area contributed by atoms with E-state index in [9.17, 15) is 0 Å². The van der Waals surface area contributed by atoms with Gasteiger partial charge in [-0.1, -0.05) is 17.3 Å². The summed E-state index contributed by atoms with van der Waals surface area (Å²) in [6, 6.07) is 8.17. The van der Waals surface area contributed by atoms with Gasteiger partial charge in [0.25, 0.3) is 0 Å². The molecule has 0 spiro atoms. The summed E-state index contributed by atoms with van der Waals surface area (Å²) < 4.78 is 1.82. The number of nitrogens with zero attached hydrogens (tertiary/aromatic N) is 3. The van der Waals surface area contributed by atoms with Gasteiger partial charge in [0, 0.05) is 11.4 Å². The van der Waals surface area contributed by atoms with Gasteiger partial charge in [0.1, 0.15) is 0 Å². The molecule has 0 atom stereocenters. The third kappa shape index (κ3) is 2.25. The van der Waals surface area contributed by atoms with E-state index in [-0.39, 0.29) is 0 Å². The normalized spacial score (nSPS) is 10.6. The Balaban J connectivity index is 2.34. The van der Waals surface area contributed by atoms with Gasteiger partial charge in [-0.2, -0.15) is 0 Å². The number of thioether (sulfide) groups is 1. The highest BCUT2D eigenvalue weighted by Gasteiger charge is 2.05. The second kappa shape index (κ2) is 5.14. The summed E-state index contributed by atoms with van der Waals surface area (Å²) >= 11 is 1.71. The van der Waals surface area contributed by atoms with Crippen LogP contribution in [0, 0.1) is 0 Å². The molecule has 0 aliphatic rings. The zero-order valence-electron chi connectivity index (χ0n) is 9.34. The van der Waals surface area contributed by atoms with Crippen LogP contribution in [0.1, 0.15) is 5.69 Å². The van der Waals surface area contributed by atoms with Crippen LogP contribution in [0.4, 0.5) is 0 Å². The van der Waals surface area contributed by atoms with Crippen LogP contribution in [0.5, 0.6) is 0 Å². The maximum absolute atomic E-state index is 4.13. The zero-order valence-corrected chi connectivity index (χ0v) is 10.2. The van der Waals surface area contributed by atoms with Crippen molar-refractivity contribution in [2.24, 2.45) is 0 Å². The molecule has 0 bridgehead atoms. The van der Waals surface area contributed by atoms with Gasteiger partial charge in [-0.15, -0.1) is 16.9 Å². The number of benzene rings is 1. The molecule has 0 fully saturated rings. The fraction of sp³-hybridized carbons (Fsp3) is 0.273. The lowest BCUT2D eigenvalue weighted by atomic mass is 10.3. The van der Waals surface area contributed by atoms with Gasteiger partial charge in [-0.3, -0.25) is 0 Å². The van der Waals surface area contributed by atoms with Crippen molar-refractivity contribution in [3.8, 4) is 5.69 Å².